The van der Waals surface area contributed by atoms with Gasteiger partial charge in [-0.3, -0.25) is 9.52 Å². The Morgan fingerprint density at radius 3 is 2.58 bits per heavy atom. The topological polar surface area (TPSA) is 78.8 Å². The maximum Gasteiger partial charge on any atom is 0.240 e. The number of aryl methyl sites for hydroxylation is 1. The van der Waals surface area contributed by atoms with Crippen LogP contribution in [0.2, 0.25) is 0 Å². The lowest BCUT2D eigenvalue weighted by Gasteiger charge is -2.20. The maximum absolute atomic E-state index is 12.1. The highest BCUT2D eigenvalue weighted by Gasteiger charge is 2.32. The summed E-state index contributed by atoms with van der Waals surface area (Å²) in [6.45, 7) is 3.49. The molecule has 0 saturated heterocycles. The van der Waals surface area contributed by atoms with Gasteiger partial charge in [0.15, 0.2) is 0 Å². The van der Waals surface area contributed by atoms with Crippen molar-refractivity contribution in [2.75, 3.05) is 11.0 Å². The maximum atomic E-state index is 12.1. The molecule has 0 spiro atoms. The molecule has 3 rings (SSSR count). The number of carbonyl (C=O) groups is 1. The molecule has 1 atom stereocenters. The fourth-order valence-corrected chi connectivity index (χ4v) is 3.70. The standard InChI is InChI=1S/C19H21N3O3S/c1-13-7-6-8-15(11-13)19-12-18(20-22(19)14(2)23)16-9-4-5-10-17(16)21-26(3,24)25/h4-11,19,21H,12H2,1-3H3/t19-/m1/s1. The lowest BCUT2D eigenvalue weighted by molar-refractivity contribution is -0.130. The average Bonchev–Trinajstić information content (AvgIpc) is 2.99. The molecule has 6 nitrogen and oxygen atoms in total. The van der Waals surface area contributed by atoms with Gasteiger partial charge in [0.1, 0.15) is 0 Å². The Morgan fingerprint density at radius 1 is 1.19 bits per heavy atom. The van der Waals surface area contributed by atoms with Crippen LogP contribution in [0.4, 0.5) is 5.69 Å². The predicted molar refractivity (Wildman–Crippen MR) is 103 cm³/mol. The largest absolute Gasteiger partial charge is 0.283 e. The molecule has 1 amide bonds. The van der Waals surface area contributed by atoms with E-state index in [0.717, 1.165) is 17.4 Å². The average molecular weight is 371 g/mol. The van der Waals surface area contributed by atoms with Crippen LogP contribution >= 0.6 is 0 Å². The molecular weight excluding hydrogens is 350 g/mol. The number of amides is 1. The van der Waals surface area contributed by atoms with Crippen molar-refractivity contribution in [3.8, 4) is 0 Å². The zero-order chi connectivity index (χ0) is 18.9. The first-order valence-electron chi connectivity index (χ1n) is 8.25. The van der Waals surface area contributed by atoms with Crippen molar-refractivity contribution in [1.29, 1.82) is 0 Å². The predicted octanol–water partition coefficient (Wildman–Crippen LogP) is 3.06. The number of hydrazone groups is 1. The molecule has 136 valence electrons. The number of hydrogen-bond donors (Lipinski definition) is 1. The number of sulfonamides is 1. The van der Waals surface area contributed by atoms with Gasteiger partial charge in [0, 0.05) is 18.9 Å². The van der Waals surface area contributed by atoms with Crippen LogP contribution in [0.3, 0.4) is 0 Å². The van der Waals surface area contributed by atoms with E-state index >= 15 is 0 Å². The molecule has 0 unspecified atom stereocenters. The summed E-state index contributed by atoms with van der Waals surface area (Å²) >= 11 is 0. The van der Waals surface area contributed by atoms with E-state index in [1.165, 1.54) is 11.9 Å². The molecule has 0 fully saturated rings. The minimum absolute atomic E-state index is 0.153. The molecule has 26 heavy (non-hydrogen) atoms. The Bertz CT molecular complexity index is 983. The van der Waals surface area contributed by atoms with E-state index in [1.54, 1.807) is 12.1 Å². The molecule has 7 heteroatoms. The lowest BCUT2D eigenvalue weighted by Crippen LogP contribution is -2.24. The number of nitrogens with zero attached hydrogens (tertiary/aromatic N) is 2. The zero-order valence-corrected chi connectivity index (χ0v) is 15.7. The highest BCUT2D eigenvalue weighted by atomic mass is 32.2. The fourth-order valence-electron chi connectivity index (χ4n) is 3.12. The molecule has 0 bridgehead atoms. The molecule has 1 heterocycles. The number of nitrogens with one attached hydrogen (secondary N) is 1. The van der Waals surface area contributed by atoms with Crippen LogP contribution in [0, 0.1) is 6.92 Å². The highest BCUT2D eigenvalue weighted by Crippen LogP contribution is 2.34. The summed E-state index contributed by atoms with van der Waals surface area (Å²) < 4.78 is 25.8. The second kappa shape index (κ2) is 6.92. The van der Waals surface area contributed by atoms with Gasteiger partial charge in [-0.1, -0.05) is 48.0 Å². The van der Waals surface area contributed by atoms with E-state index in [0.29, 0.717) is 23.4 Å². The number of hydrogen-bond acceptors (Lipinski definition) is 4. The summed E-state index contributed by atoms with van der Waals surface area (Å²) in [6, 6.07) is 14.9. The Labute approximate surface area is 153 Å². The van der Waals surface area contributed by atoms with Gasteiger partial charge >= 0.3 is 0 Å². The highest BCUT2D eigenvalue weighted by molar-refractivity contribution is 7.92. The van der Waals surface area contributed by atoms with Crippen LogP contribution in [0.1, 0.15) is 36.1 Å². The van der Waals surface area contributed by atoms with Gasteiger partial charge in [-0.05, 0) is 18.6 Å². The number of para-hydroxylation sites is 1. The first-order chi connectivity index (χ1) is 12.2. The Morgan fingerprint density at radius 2 is 1.92 bits per heavy atom. The Kier molecular flexibility index (Phi) is 4.82. The summed E-state index contributed by atoms with van der Waals surface area (Å²) in [5.74, 6) is -0.153. The van der Waals surface area contributed by atoms with Crippen molar-refractivity contribution < 1.29 is 13.2 Å². The number of rotatable bonds is 4. The molecular formula is C19H21N3O3S. The van der Waals surface area contributed by atoms with Crippen LogP contribution in [0.5, 0.6) is 0 Å². The van der Waals surface area contributed by atoms with Gasteiger partial charge in [0.2, 0.25) is 15.9 Å². The molecule has 0 saturated carbocycles. The molecule has 0 radical (unpaired) electrons. The lowest BCUT2D eigenvalue weighted by atomic mass is 9.96. The van der Waals surface area contributed by atoms with Crippen molar-refractivity contribution in [2.45, 2.75) is 26.3 Å². The van der Waals surface area contributed by atoms with Gasteiger partial charge in [-0.15, -0.1) is 0 Å². The van der Waals surface area contributed by atoms with Crippen molar-refractivity contribution in [2.24, 2.45) is 5.10 Å². The first-order valence-corrected chi connectivity index (χ1v) is 10.1. The fraction of sp³-hybridized carbons (Fsp3) is 0.263. The number of carbonyl (C=O) groups excluding carboxylic acids is 1. The number of anilines is 1. The van der Waals surface area contributed by atoms with Crippen LogP contribution in [-0.4, -0.2) is 31.3 Å². The first kappa shape index (κ1) is 18.1. The SMILES string of the molecule is CC(=O)N1N=C(c2ccccc2NS(C)(=O)=O)C[C@@H]1c1cccc(C)c1. The van der Waals surface area contributed by atoms with E-state index < -0.39 is 10.0 Å². The summed E-state index contributed by atoms with van der Waals surface area (Å²) in [5.41, 5.74) is 3.94. The van der Waals surface area contributed by atoms with Gasteiger partial charge in [0.05, 0.1) is 23.7 Å². The monoisotopic (exact) mass is 371 g/mol. The van der Waals surface area contributed by atoms with Crippen LogP contribution in [0.25, 0.3) is 0 Å². The van der Waals surface area contributed by atoms with Gasteiger partial charge in [-0.25, -0.2) is 13.4 Å². The second-order valence-electron chi connectivity index (χ2n) is 6.46. The normalized spacial score (nSPS) is 17.1. The molecule has 0 aromatic heterocycles. The molecule has 1 aliphatic rings. The quantitative estimate of drug-likeness (QED) is 0.897. The van der Waals surface area contributed by atoms with Crippen molar-refractivity contribution >= 4 is 27.3 Å². The minimum Gasteiger partial charge on any atom is -0.283 e. The smallest absolute Gasteiger partial charge is 0.240 e. The third-order valence-corrected chi connectivity index (χ3v) is 4.78. The zero-order valence-electron chi connectivity index (χ0n) is 14.9. The van der Waals surface area contributed by atoms with Crippen molar-refractivity contribution in [1.82, 2.24) is 5.01 Å². The summed E-state index contributed by atoms with van der Waals surface area (Å²) in [4.78, 5) is 12.1. The third-order valence-electron chi connectivity index (χ3n) is 4.19. The molecule has 1 N–H and O–H groups in total. The van der Waals surface area contributed by atoms with Crippen LogP contribution in [-0.2, 0) is 14.8 Å². The van der Waals surface area contributed by atoms with Gasteiger partial charge in [-0.2, -0.15) is 5.10 Å². The van der Waals surface area contributed by atoms with E-state index in [1.807, 2.05) is 43.3 Å². The summed E-state index contributed by atoms with van der Waals surface area (Å²) in [7, 11) is -3.42. The second-order valence-corrected chi connectivity index (χ2v) is 8.21. The Balaban J connectivity index is 2.00. The molecule has 1 aliphatic heterocycles. The summed E-state index contributed by atoms with van der Waals surface area (Å²) in [6.07, 6.45) is 1.63. The molecule has 2 aromatic carbocycles. The van der Waals surface area contributed by atoms with Crippen LogP contribution in [0.15, 0.2) is 53.6 Å². The number of benzene rings is 2. The minimum atomic E-state index is -3.42. The van der Waals surface area contributed by atoms with E-state index in [4.69, 9.17) is 0 Å². The summed E-state index contributed by atoms with van der Waals surface area (Å²) in [5, 5.41) is 5.98. The van der Waals surface area contributed by atoms with E-state index in [9.17, 15) is 13.2 Å². The molecule has 0 aliphatic carbocycles. The molecule has 2 aromatic rings. The third kappa shape index (κ3) is 3.94. The Hall–Kier alpha value is -2.67. The van der Waals surface area contributed by atoms with Crippen LogP contribution < -0.4 is 4.72 Å². The van der Waals surface area contributed by atoms with Gasteiger partial charge in [0.25, 0.3) is 0 Å². The van der Waals surface area contributed by atoms with Crippen molar-refractivity contribution in [3.05, 3.63) is 65.2 Å². The van der Waals surface area contributed by atoms with Crippen molar-refractivity contribution in [3.63, 3.8) is 0 Å². The van der Waals surface area contributed by atoms with E-state index in [-0.39, 0.29) is 11.9 Å². The van der Waals surface area contributed by atoms with E-state index in [2.05, 4.69) is 9.82 Å². The van der Waals surface area contributed by atoms with Gasteiger partial charge < -0.3 is 0 Å².